The number of unbranched alkanes of at least 4 members (excludes halogenated alkanes) is 1. The van der Waals surface area contributed by atoms with E-state index in [0.29, 0.717) is 0 Å². The summed E-state index contributed by atoms with van der Waals surface area (Å²) in [4.78, 5) is 13.5. The molecule has 1 fully saturated rings. The number of hydrogen-bond donors (Lipinski definition) is 0. The molecule has 3 heterocycles. The summed E-state index contributed by atoms with van der Waals surface area (Å²) in [5.74, 6) is 0.852. The Hall–Kier alpha value is -2.73. The zero-order valence-electron chi connectivity index (χ0n) is 16.5. The van der Waals surface area contributed by atoms with E-state index in [1.807, 2.05) is 24.7 Å². The van der Waals surface area contributed by atoms with Crippen molar-refractivity contribution in [1.29, 1.82) is 0 Å². The number of nitrogens with zero attached hydrogens (tertiary/aromatic N) is 6. The summed E-state index contributed by atoms with van der Waals surface area (Å²) in [6.07, 6.45) is 7.97. The average Bonchev–Trinajstić information content (AvgIpc) is 3.13. The molecule has 3 aromatic rings. The molecule has 0 amide bonds. The lowest BCUT2D eigenvalue weighted by atomic mass is 10.1. The van der Waals surface area contributed by atoms with Crippen LogP contribution in [0.25, 0.3) is 11.1 Å². The van der Waals surface area contributed by atoms with Crippen molar-refractivity contribution in [2.24, 2.45) is 0 Å². The summed E-state index contributed by atoms with van der Waals surface area (Å²) in [7, 11) is 0. The molecule has 1 saturated heterocycles. The third kappa shape index (κ3) is 4.39. The number of anilines is 1. The van der Waals surface area contributed by atoms with Crippen LogP contribution in [0.1, 0.15) is 18.5 Å². The molecule has 0 saturated carbocycles. The summed E-state index contributed by atoms with van der Waals surface area (Å²) < 4.78 is 2.15. The molecule has 0 spiro atoms. The Labute approximate surface area is 166 Å². The molecule has 0 aliphatic carbocycles. The van der Waals surface area contributed by atoms with E-state index in [0.717, 1.165) is 51.6 Å². The molecule has 146 valence electrons. The van der Waals surface area contributed by atoms with Gasteiger partial charge in [0.2, 0.25) is 5.95 Å². The van der Waals surface area contributed by atoms with E-state index < -0.39 is 0 Å². The molecule has 1 aliphatic heterocycles. The number of hydrogen-bond acceptors (Lipinski definition) is 5. The second kappa shape index (κ2) is 8.97. The van der Waals surface area contributed by atoms with Gasteiger partial charge in [-0.1, -0.05) is 30.3 Å². The third-order valence-corrected chi connectivity index (χ3v) is 5.49. The second-order valence-corrected chi connectivity index (χ2v) is 7.32. The highest BCUT2D eigenvalue weighted by Gasteiger charge is 2.18. The van der Waals surface area contributed by atoms with E-state index >= 15 is 0 Å². The minimum atomic E-state index is 0.852. The zero-order chi connectivity index (χ0) is 19.2. The maximum absolute atomic E-state index is 4.60. The fourth-order valence-electron chi connectivity index (χ4n) is 3.80. The Balaban J connectivity index is 1.20. The summed E-state index contributed by atoms with van der Waals surface area (Å²) >= 11 is 0. The molecule has 1 aromatic carbocycles. The van der Waals surface area contributed by atoms with Gasteiger partial charge in [0, 0.05) is 56.4 Å². The van der Waals surface area contributed by atoms with Crippen LogP contribution in [-0.4, -0.2) is 57.4 Å². The third-order valence-electron chi connectivity index (χ3n) is 5.49. The quantitative estimate of drug-likeness (QED) is 0.593. The van der Waals surface area contributed by atoms with E-state index in [9.17, 15) is 0 Å². The number of aromatic nitrogens is 4. The first-order valence-corrected chi connectivity index (χ1v) is 10.1. The molecule has 0 N–H and O–H groups in total. The molecule has 0 unspecified atom stereocenters. The Kier molecular flexibility index (Phi) is 5.97. The SMILES string of the molecule is Cc1c(-c2ccccc2)cnn1CCCCN1CCN(c2ncccn2)CC1. The van der Waals surface area contributed by atoms with Gasteiger partial charge in [-0.25, -0.2) is 9.97 Å². The maximum Gasteiger partial charge on any atom is 0.225 e. The number of aryl methyl sites for hydroxylation is 1. The van der Waals surface area contributed by atoms with Gasteiger partial charge in [-0.05, 0) is 37.9 Å². The van der Waals surface area contributed by atoms with Crippen LogP contribution in [0.5, 0.6) is 0 Å². The topological polar surface area (TPSA) is 50.1 Å². The molecule has 0 bridgehead atoms. The van der Waals surface area contributed by atoms with Crippen molar-refractivity contribution in [2.75, 3.05) is 37.6 Å². The van der Waals surface area contributed by atoms with E-state index in [2.05, 4.69) is 66.8 Å². The first-order valence-electron chi connectivity index (χ1n) is 10.1. The van der Waals surface area contributed by atoms with E-state index in [1.165, 1.54) is 23.2 Å². The van der Waals surface area contributed by atoms with Crippen LogP contribution in [0.4, 0.5) is 5.95 Å². The molecule has 6 nitrogen and oxygen atoms in total. The Morgan fingerprint density at radius 2 is 1.57 bits per heavy atom. The molecule has 0 radical (unpaired) electrons. The van der Waals surface area contributed by atoms with Crippen LogP contribution in [0, 0.1) is 6.92 Å². The highest BCUT2D eigenvalue weighted by molar-refractivity contribution is 5.64. The Morgan fingerprint density at radius 3 is 2.32 bits per heavy atom. The highest BCUT2D eigenvalue weighted by Crippen LogP contribution is 2.22. The van der Waals surface area contributed by atoms with Gasteiger partial charge >= 0.3 is 0 Å². The number of benzene rings is 1. The molecule has 4 rings (SSSR count). The van der Waals surface area contributed by atoms with Crippen molar-refractivity contribution in [1.82, 2.24) is 24.6 Å². The standard InChI is InChI=1S/C22H28N6/c1-19-21(20-8-3-2-4-9-20)18-25-28(19)13-6-5-12-26-14-16-27(17-15-26)22-23-10-7-11-24-22/h2-4,7-11,18H,5-6,12-17H2,1H3. The first-order chi connectivity index (χ1) is 13.8. The van der Waals surface area contributed by atoms with Gasteiger partial charge in [-0.3, -0.25) is 9.58 Å². The molecule has 1 aliphatic rings. The molecular formula is C22H28N6. The van der Waals surface area contributed by atoms with Crippen LogP contribution < -0.4 is 4.90 Å². The van der Waals surface area contributed by atoms with Gasteiger partial charge < -0.3 is 4.90 Å². The average molecular weight is 377 g/mol. The van der Waals surface area contributed by atoms with Gasteiger partial charge in [0.25, 0.3) is 0 Å². The van der Waals surface area contributed by atoms with Crippen molar-refractivity contribution in [3.8, 4) is 11.1 Å². The van der Waals surface area contributed by atoms with E-state index in [4.69, 9.17) is 0 Å². The number of rotatable bonds is 7. The lowest BCUT2D eigenvalue weighted by molar-refractivity contribution is 0.249. The van der Waals surface area contributed by atoms with Crippen LogP contribution in [0.15, 0.2) is 55.0 Å². The summed E-state index contributed by atoms with van der Waals surface area (Å²) in [5.41, 5.74) is 3.73. The van der Waals surface area contributed by atoms with Gasteiger partial charge in [-0.15, -0.1) is 0 Å². The Bertz CT molecular complexity index is 853. The molecule has 2 aromatic heterocycles. The molecule has 28 heavy (non-hydrogen) atoms. The molecule has 6 heteroatoms. The van der Waals surface area contributed by atoms with Crippen LogP contribution in [0.3, 0.4) is 0 Å². The predicted molar refractivity (Wildman–Crippen MR) is 112 cm³/mol. The second-order valence-electron chi connectivity index (χ2n) is 7.32. The van der Waals surface area contributed by atoms with Crippen molar-refractivity contribution in [3.63, 3.8) is 0 Å². The van der Waals surface area contributed by atoms with Crippen molar-refractivity contribution >= 4 is 5.95 Å². The van der Waals surface area contributed by atoms with Crippen molar-refractivity contribution < 1.29 is 0 Å². The summed E-state index contributed by atoms with van der Waals surface area (Å²) in [6.45, 7) is 8.46. The largest absolute Gasteiger partial charge is 0.338 e. The molecule has 0 atom stereocenters. The summed E-state index contributed by atoms with van der Waals surface area (Å²) in [6, 6.07) is 12.4. The van der Waals surface area contributed by atoms with Crippen LogP contribution >= 0.6 is 0 Å². The smallest absolute Gasteiger partial charge is 0.225 e. The van der Waals surface area contributed by atoms with Crippen molar-refractivity contribution in [3.05, 3.63) is 60.7 Å². The van der Waals surface area contributed by atoms with E-state index in [1.54, 1.807) is 0 Å². The Morgan fingerprint density at radius 1 is 0.857 bits per heavy atom. The first kappa shape index (κ1) is 18.6. The maximum atomic E-state index is 4.60. The van der Waals surface area contributed by atoms with Crippen LogP contribution in [0.2, 0.25) is 0 Å². The fraction of sp³-hybridized carbons (Fsp3) is 0.409. The predicted octanol–water partition coefficient (Wildman–Crippen LogP) is 3.25. The van der Waals surface area contributed by atoms with Gasteiger partial charge in [0.15, 0.2) is 0 Å². The highest BCUT2D eigenvalue weighted by atomic mass is 15.3. The van der Waals surface area contributed by atoms with Crippen LogP contribution in [-0.2, 0) is 6.54 Å². The normalized spacial score (nSPS) is 15.1. The van der Waals surface area contributed by atoms with E-state index in [-0.39, 0.29) is 0 Å². The summed E-state index contributed by atoms with van der Waals surface area (Å²) in [5, 5.41) is 4.60. The fourth-order valence-corrected chi connectivity index (χ4v) is 3.80. The van der Waals surface area contributed by atoms with Gasteiger partial charge in [-0.2, -0.15) is 5.10 Å². The van der Waals surface area contributed by atoms with Gasteiger partial charge in [0.05, 0.1) is 6.20 Å². The minimum absolute atomic E-state index is 0.852. The lowest BCUT2D eigenvalue weighted by Gasteiger charge is -2.34. The minimum Gasteiger partial charge on any atom is -0.338 e. The number of piperazine rings is 1. The van der Waals surface area contributed by atoms with Crippen molar-refractivity contribution in [2.45, 2.75) is 26.3 Å². The lowest BCUT2D eigenvalue weighted by Crippen LogP contribution is -2.47. The monoisotopic (exact) mass is 376 g/mol. The zero-order valence-corrected chi connectivity index (χ0v) is 16.5. The molecular weight excluding hydrogens is 348 g/mol. The van der Waals surface area contributed by atoms with Gasteiger partial charge in [0.1, 0.15) is 0 Å².